The number of carbonyl (C=O) groups excluding carboxylic acids is 1. The summed E-state index contributed by atoms with van der Waals surface area (Å²) in [6.07, 6.45) is 0.630. The van der Waals surface area contributed by atoms with Gasteiger partial charge in [0.15, 0.2) is 0 Å². The lowest BCUT2D eigenvalue weighted by atomic mass is 10.2. The molecule has 0 heterocycles. The smallest absolute Gasteiger partial charge is 0.207 e. The van der Waals surface area contributed by atoms with Crippen molar-refractivity contribution < 1.29 is 4.79 Å². The predicted molar refractivity (Wildman–Crippen MR) is 49.4 cm³/mol. The highest BCUT2D eigenvalue weighted by atomic mass is 35.5. The molecule has 0 bridgehead atoms. The molecule has 1 amide bonds. The van der Waals surface area contributed by atoms with Gasteiger partial charge in [-0.05, 0) is 17.7 Å². The normalized spacial score (nSPS) is 9.50. The van der Waals surface area contributed by atoms with Crippen LogP contribution in [0.15, 0.2) is 18.2 Å². The quantitative estimate of drug-likeness (QED) is 0.751. The molecule has 0 saturated heterocycles. The van der Waals surface area contributed by atoms with Gasteiger partial charge >= 0.3 is 0 Å². The molecule has 1 aromatic carbocycles. The van der Waals surface area contributed by atoms with E-state index in [-0.39, 0.29) is 0 Å². The SMILES string of the molecule is O=CNCc1ccc(Cl)cc1Cl. The first kappa shape index (κ1) is 9.36. The van der Waals surface area contributed by atoms with Gasteiger partial charge in [0.2, 0.25) is 6.41 Å². The van der Waals surface area contributed by atoms with E-state index in [2.05, 4.69) is 5.32 Å². The molecule has 12 heavy (non-hydrogen) atoms. The fourth-order valence-electron chi connectivity index (χ4n) is 0.817. The van der Waals surface area contributed by atoms with Crippen LogP contribution in [0.4, 0.5) is 0 Å². The zero-order chi connectivity index (χ0) is 8.97. The van der Waals surface area contributed by atoms with Crippen molar-refractivity contribution in [3.63, 3.8) is 0 Å². The van der Waals surface area contributed by atoms with E-state index < -0.39 is 0 Å². The maximum Gasteiger partial charge on any atom is 0.207 e. The van der Waals surface area contributed by atoms with Crippen molar-refractivity contribution in [3.8, 4) is 0 Å². The van der Waals surface area contributed by atoms with Crippen LogP contribution < -0.4 is 5.32 Å². The minimum atomic E-state index is 0.430. The summed E-state index contributed by atoms with van der Waals surface area (Å²) < 4.78 is 0. The number of rotatable bonds is 3. The molecule has 0 saturated carbocycles. The van der Waals surface area contributed by atoms with Gasteiger partial charge < -0.3 is 5.32 Å². The van der Waals surface area contributed by atoms with Gasteiger partial charge in [0.05, 0.1) is 0 Å². The highest BCUT2D eigenvalue weighted by Gasteiger charge is 1.99. The third-order valence-electron chi connectivity index (χ3n) is 1.39. The maximum atomic E-state index is 9.98. The summed E-state index contributed by atoms with van der Waals surface area (Å²) in [4.78, 5) is 9.98. The van der Waals surface area contributed by atoms with Crippen LogP contribution in [-0.2, 0) is 11.3 Å². The van der Waals surface area contributed by atoms with Crippen LogP contribution >= 0.6 is 23.2 Å². The van der Waals surface area contributed by atoms with E-state index in [9.17, 15) is 4.79 Å². The number of amides is 1. The third kappa shape index (κ3) is 2.40. The van der Waals surface area contributed by atoms with Crippen LogP contribution in [0.25, 0.3) is 0 Å². The third-order valence-corrected chi connectivity index (χ3v) is 1.98. The Morgan fingerprint density at radius 1 is 1.42 bits per heavy atom. The van der Waals surface area contributed by atoms with Crippen molar-refractivity contribution in [2.75, 3.05) is 0 Å². The minimum Gasteiger partial charge on any atom is -0.355 e. The Hall–Kier alpha value is -0.730. The molecule has 0 spiro atoms. The van der Waals surface area contributed by atoms with Crippen LogP contribution in [-0.4, -0.2) is 6.41 Å². The first-order valence-corrected chi connectivity index (χ1v) is 4.10. The Balaban J connectivity index is 2.78. The van der Waals surface area contributed by atoms with E-state index in [0.29, 0.717) is 23.0 Å². The van der Waals surface area contributed by atoms with Gasteiger partial charge in [-0.1, -0.05) is 29.3 Å². The Labute approximate surface area is 80.5 Å². The van der Waals surface area contributed by atoms with E-state index in [1.807, 2.05) is 0 Å². The largest absolute Gasteiger partial charge is 0.355 e. The van der Waals surface area contributed by atoms with Gasteiger partial charge in [-0.15, -0.1) is 0 Å². The second-order valence-corrected chi connectivity index (χ2v) is 3.08. The molecule has 1 aromatic rings. The molecule has 0 aliphatic rings. The molecule has 0 atom stereocenters. The second kappa shape index (κ2) is 4.33. The van der Waals surface area contributed by atoms with Gasteiger partial charge in [0.25, 0.3) is 0 Å². The van der Waals surface area contributed by atoms with Gasteiger partial charge in [0.1, 0.15) is 0 Å². The van der Waals surface area contributed by atoms with E-state index in [0.717, 1.165) is 5.56 Å². The lowest BCUT2D eigenvalue weighted by molar-refractivity contribution is -0.109. The lowest BCUT2D eigenvalue weighted by Gasteiger charge is -2.02. The summed E-state index contributed by atoms with van der Waals surface area (Å²) in [6, 6.07) is 5.15. The average molecular weight is 204 g/mol. The Morgan fingerprint density at radius 3 is 2.75 bits per heavy atom. The summed E-state index contributed by atoms with van der Waals surface area (Å²) in [7, 11) is 0. The van der Waals surface area contributed by atoms with Crippen LogP contribution in [0.2, 0.25) is 10.0 Å². The van der Waals surface area contributed by atoms with Gasteiger partial charge in [-0.2, -0.15) is 0 Å². The summed E-state index contributed by atoms with van der Waals surface area (Å²) in [5, 5.41) is 3.68. The highest BCUT2D eigenvalue weighted by molar-refractivity contribution is 6.35. The summed E-state index contributed by atoms with van der Waals surface area (Å²) in [5.41, 5.74) is 0.855. The van der Waals surface area contributed by atoms with Crippen LogP contribution in [0.5, 0.6) is 0 Å². The molecule has 0 fully saturated rings. The number of hydrogen-bond acceptors (Lipinski definition) is 1. The van der Waals surface area contributed by atoms with Gasteiger partial charge in [0, 0.05) is 16.6 Å². The molecule has 64 valence electrons. The average Bonchev–Trinajstić information content (AvgIpc) is 2.03. The van der Waals surface area contributed by atoms with Crippen molar-refractivity contribution in [3.05, 3.63) is 33.8 Å². The standard InChI is InChI=1S/C8H7Cl2NO/c9-7-2-1-6(4-11-5-12)8(10)3-7/h1-3,5H,4H2,(H,11,12). The fourth-order valence-corrected chi connectivity index (χ4v) is 1.29. The molecular weight excluding hydrogens is 197 g/mol. The first-order valence-electron chi connectivity index (χ1n) is 3.35. The molecule has 1 rings (SSSR count). The molecule has 0 aromatic heterocycles. The number of nitrogens with one attached hydrogen (secondary N) is 1. The number of hydrogen-bond donors (Lipinski definition) is 1. The number of carbonyl (C=O) groups is 1. The number of benzene rings is 1. The Morgan fingerprint density at radius 2 is 2.17 bits per heavy atom. The molecule has 0 unspecified atom stereocenters. The van der Waals surface area contributed by atoms with E-state index in [1.54, 1.807) is 18.2 Å². The van der Waals surface area contributed by atoms with Crippen molar-refractivity contribution >= 4 is 29.6 Å². The van der Waals surface area contributed by atoms with E-state index in [1.165, 1.54) is 0 Å². The van der Waals surface area contributed by atoms with E-state index in [4.69, 9.17) is 23.2 Å². The minimum absolute atomic E-state index is 0.430. The van der Waals surface area contributed by atoms with Crippen molar-refractivity contribution in [1.29, 1.82) is 0 Å². The summed E-state index contributed by atoms with van der Waals surface area (Å²) in [6.45, 7) is 0.430. The van der Waals surface area contributed by atoms with E-state index >= 15 is 0 Å². The number of halogens is 2. The second-order valence-electron chi connectivity index (χ2n) is 2.23. The van der Waals surface area contributed by atoms with Crippen molar-refractivity contribution in [2.24, 2.45) is 0 Å². The van der Waals surface area contributed by atoms with Crippen molar-refractivity contribution in [2.45, 2.75) is 6.54 Å². The van der Waals surface area contributed by atoms with Gasteiger partial charge in [-0.3, -0.25) is 4.79 Å². The molecule has 2 nitrogen and oxygen atoms in total. The fraction of sp³-hybridized carbons (Fsp3) is 0.125. The summed E-state index contributed by atoms with van der Waals surface area (Å²) in [5.74, 6) is 0. The molecular formula is C8H7Cl2NO. The Kier molecular flexibility index (Phi) is 3.38. The molecule has 0 aliphatic heterocycles. The zero-order valence-electron chi connectivity index (χ0n) is 6.18. The van der Waals surface area contributed by atoms with Crippen LogP contribution in [0.3, 0.4) is 0 Å². The topological polar surface area (TPSA) is 29.1 Å². The van der Waals surface area contributed by atoms with Gasteiger partial charge in [-0.25, -0.2) is 0 Å². The molecule has 1 N–H and O–H groups in total. The lowest BCUT2D eigenvalue weighted by Crippen LogP contribution is -2.09. The summed E-state index contributed by atoms with van der Waals surface area (Å²) >= 11 is 11.5. The predicted octanol–water partition coefficient (Wildman–Crippen LogP) is 2.24. The molecule has 0 aliphatic carbocycles. The monoisotopic (exact) mass is 203 g/mol. The highest BCUT2D eigenvalue weighted by Crippen LogP contribution is 2.20. The maximum absolute atomic E-state index is 9.98. The van der Waals surface area contributed by atoms with Crippen LogP contribution in [0, 0.1) is 0 Å². The zero-order valence-corrected chi connectivity index (χ0v) is 7.69. The molecule has 0 radical (unpaired) electrons. The van der Waals surface area contributed by atoms with Crippen LogP contribution in [0.1, 0.15) is 5.56 Å². The first-order chi connectivity index (χ1) is 5.74. The van der Waals surface area contributed by atoms with Crippen molar-refractivity contribution in [1.82, 2.24) is 5.32 Å². The Bertz CT molecular complexity index is 288. The molecule has 4 heteroatoms.